The molecule has 0 bridgehead atoms. The maximum atomic E-state index is 13.2. The third kappa shape index (κ3) is 5.24. The molecule has 0 aliphatic carbocycles. The Hall–Kier alpha value is -5.09. The summed E-state index contributed by atoms with van der Waals surface area (Å²) in [5.41, 5.74) is 5.16. The number of carbonyl (C=O) groups is 1. The standard InChI is InChI=1S/C31H29N9O/c1-39-10-12-40(13-11-39)30-15-20(6-8-32-30)14-28(41)27-17-21-2-3-22(18-26(21)36-27)31-33-9-7-29(37-31)35-24-4-5-25-23(16-24)19-34-38-25/h2-9,15-19,36H,10-14H2,1H3,(H,34,38)(H,33,35,37). The predicted molar refractivity (Wildman–Crippen MR) is 161 cm³/mol. The van der Waals surface area contributed by atoms with E-state index in [1.165, 1.54) is 0 Å². The number of Topliss-reactive ketones (excluding diaryl/α,β-unsaturated/α-hetero) is 1. The number of ketones is 1. The summed E-state index contributed by atoms with van der Waals surface area (Å²) in [6.07, 6.45) is 5.64. The first-order valence-corrected chi connectivity index (χ1v) is 13.7. The number of fused-ring (bicyclic) bond motifs is 2. The minimum atomic E-state index is 0.0373. The average molecular weight is 544 g/mol. The number of likely N-dealkylation sites (N-methyl/N-ethyl adjacent to an activating group) is 1. The van der Waals surface area contributed by atoms with Gasteiger partial charge in [0.1, 0.15) is 11.6 Å². The number of aromatic nitrogens is 6. The molecule has 41 heavy (non-hydrogen) atoms. The van der Waals surface area contributed by atoms with Gasteiger partial charge in [-0.05, 0) is 61.1 Å². The number of rotatable bonds is 7. The van der Waals surface area contributed by atoms with E-state index in [2.05, 4.69) is 47.3 Å². The lowest BCUT2D eigenvalue weighted by Gasteiger charge is -2.33. The lowest BCUT2D eigenvalue weighted by atomic mass is 10.1. The first-order chi connectivity index (χ1) is 20.1. The van der Waals surface area contributed by atoms with Gasteiger partial charge in [0.15, 0.2) is 11.6 Å². The van der Waals surface area contributed by atoms with Gasteiger partial charge >= 0.3 is 0 Å². The molecule has 4 aromatic heterocycles. The van der Waals surface area contributed by atoms with Gasteiger partial charge in [0, 0.05) is 72.5 Å². The first-order valence-electron chi connectivity index (χ1n) is 13.7. The molecule has 204 valence electrons. The molecule has 0 atom stereocenters. The highest BCUT2D eigenvalue weighted by Crippen LogP contribution is 2.26. The summed E-state index contributed by atoms with van der Waals surface area (Å²) in [5, 5.41) is 12.4. The van der Waals surface area contributed by atoms with Crippen LogP contribution in [0, 0.1) is 0 Å². The van der Waals surface area contributed by atoms with E-state index >= 15 is 0 Å². The summed E-state index contributed by atoms with van der Waals surface area (Å²) in [6, 6.07) is 19.6. The van der Waals surface area contributed by atoms with Gasteiger partial charge in [-0.15, -0.1) is 0 Å². The van der Waals surface area contributed by atoms with Crippen molar-refractivity contribution in [3.63, 3.8) is 0 Å². The number of carbonyl (C=O) groups excluding carboxylic acids is 1. The zero-order valence-electron chi connectivity index (χ0n) is 22.6. The number of nitrogens with one attached hydrogen (secondary N) is 3. The third-order valence-corrected chi connectivity index (χ3v) is 7.55. The van der Waals surface area contributed by atoms with Gasteiger partial charge in [0.2, 0.25) is 0 Å². The smallest absolute Gasteiger partial charge is 0.183 e. The Labute approximate surface area is 236 Å². The zero-order valence-corrected chi connectivity index (χ0v) is 22.6. The van der Waals surface area contributed by atoms with Gasteiger partial charge in [0.25, 0.3) is 0 Å². The highest BCUT2D eigenvalue weighted by molar-refractivity contribution is 6.01. The highest BCUT2D eigenvalue weighted by Gasteiger charge is 2.17. The molecule has 0 amide bonds. The number of pyridine rings is 1. The van der Waals surface area contributed by atoms with E-state index in [4.69, 9.17) is 4.98 Å². The molecule has 1 saturated heterocycles. The van der Waals surface area contributed by atoms with Gasteiger partial charge in [0.05, 0.1) is 17.4 Å². The summed E-state index contributed by atoms with van der Waals surface area (Å²) < 4.78 is 0. The van der Waals surface area contributed by atoms with E-state index in [1.807, 2.05) is 60.7 Å². The van der Waals surface area contributed by atoms with Crippen LogP contribution in [0.5, 0.6) is 0 Å². The van der Waals surface area contributed by atoms with Crippen molar-refractivity contribution in [2.24, 2.45) is 0 Å². The molecular formula is C31H29N9O. The number of H-pyrrole nitrogens is 2. The normalized spacial score (nSPS) is 14.1. The summed E-state index contributed by atoms with van der Waals surface area (Å²) in [5.74, 6) is 2.25. The number of hydrogen-bond donors (Lipinski definition) is 3. The second-order valence-electron chi connectivity index (χ2n) is 10.5. The summed E-state index contributed by atoms with van der Waals surface area (Å²) in [7, 11) is 2.13. The molecule has 1 aliphatic rings. The summed E-state index contributed by atoms with van der Waals surface area (Å²) in [4.78, 5) is 34.9. The number of benzene rings is 2. The van der Waals surface area contributed by atoms with E-state index in [0.717, 1.165) is 70.6 Å². The molecule has 1 fully saturated rings. The van der Waals surface area contributed by atoms with Crippen LogP contribution in [-0.2, 0) is 6.42 Å². The molecule has 7 rings (SSSR count). The van der Waals surface area contributed by atoms with Gasteiger partial charge in [-0.2, -0.15) is 5.10 Å². The second kappa shape index (κ2) is 10.5. The van der Waals surface area contributed by atoms with Crippen LogP contribution < -0.4 is 10.2 Å². The molecule has 10 nitrogen and oxygen atoms in total. The van der Waals surface area contributed by atoms with Crippen LogP contribution in [0.15, 0.2) is 79.3 Å². The fraction of sp³-hybridized carbons (Fsp3) is 0.194. The van der Waals surface area contributed by atoms with Crippen LogP contribution in [0.4, 0.5) is 17.3 Å². The van der Waals surface area contributed by atoms with Crippen molar-refractivity contribution < 1.29 is 4.79 Å². The Bertz CT molecular complexity index is 1870. The fourth-order valence-electron chi connectivity index (χ4n) is 5.21. The van der Waals surface area contributed by atoms with Gasteiger partial charge in [-0.3, -0.25) is 9.89 Å². The number of anilines is 3. The minimum absolute atomic E-state index is 0.0373. The first kappa shape index (κ1) is 24.9. The molecule has 0 spiro atoms. The Balaban J connectivity index is 1.08. The summed E-state index contributed by atoms with van der Waals surface area (Å²) >= 11 is 0. The lowest BCUT2D eigenvalue weighted by Crippen LogP contribution is -2.44. The van der Waals surface area contributed by atoms with Crippen molar-refractivity contribution in [1.29, 1.82) is 0 Å². The van der Waals surface area contributed by atoms with Crippen LogP contribution in [0.3, 0.4) is 0 Å². The van der Waals surface area contributed by atoms with E-state index < -0.39 is 0 Å². The predicted octanol–water partition coefficient (Wildman–Crippen LogP) is 4.82. The van der Waals surface area contributed by atoms with Crippen molar-refractivity contribution in [3.05, 3.63) is 90.5 Å². The lowest BCUT2D eigenvalue weighted by molar-refractivity contribution is 0.0989. The number of nitrogens with zero attached hydrogens (tertiary/aromatic N) is 6. The molecule has 0 saturated carbocycles. The van der Waals surface area contributed by atoms with Crippen LogP contribution in [0.25, 0.3) is 33.2 Å². The minimum Gasteiger partial charge on any atom is -0.354 e. The Morgan fingerprint density at radius 1 is 0.902 bits per heavy atom. The molecule has 3 N–H and O–H groups in total. The van der Waals surface area contributed by atoms with Crippen molar-refractivity contribution in [3.8, 4) is 11.4 Å². The molecule has 5 heterocycles. The van der Waals surface area contributed by atoms with E-state index in [0.29, 0.717) is 23.8 Å². The maximum absolute atomic E-state index is 13.2. The second-order valence-corrected chi connectivity index (χ2v) is 10.5. The van der Waals surface area contributed by atoms with Gasteiger partial charge in [-0.1, -0.05) is 12.1 Å². The van der Waals surface area contributed by atoms with Crippen LogP contribution in [0.1, 0.15) is 16.1 Å². The van der Waals surface area contributed by atoms with Gasteiger partial charge in [-0.25, -0.2) is 15.0 Å². The Kier molecular flexibility index (Phi) is 6.36. The Morgan fingerprint density at radius 3 is 2.68 bits per heavy atom. The average Bonchev–Trinajstić information content (AvgIpc) is 3.64. The quantitative estimate of drug-likeness (QED) is 0.245. The SMILES string of the molecule is CN1CCN(c2cc(CC(=O)c3cc4ccc(-c5nccc(Nc6ccc7[nH]ncc7c6)n5)cc4[nH]3)ccn2)CC1. The van der Waals surface area contributed by atoms with Crippen molar-refractivity contribution in [1.82, 2.24) is 35.0 Å². The number of hydrogen-bond acceptors (Lipinski definition) is 8. The monoisotopic (exact) mass is 543 g/mol. The highest BCUT2D eigenvalue weighted by atomic mass is 16.1. The summed E-state index contributed by atoms with van der Waals surface area (Å²) in [6.45, 7) is 3.90. The number of aromatic amines is 2. The van der Waals surface area contributed by atoms with Crippen molar-refractivity contribution in [2.45, 2.75) is 6.42 Å². The molecule has 1 aliphatic heterocycles. The molecule has 2 aromatic carbocycles. The van der Waals surface area contributed by atoms with E-state index in [1.54, 1.807) is 18.6 Å². The van der Waals surface area contributed by atoms with Crippen LogP contribution in [0.2, 0.25) is 0 Å². The topological polar surface area (TPSA) is 119 Å². The largest absolute Gasteiger partial charge is 0.354 e. The van der Waals surface area contributed by atoms with Crippen molar-refractivity contribution >= 4 is 44.9 Å². The van der Waals surface area contributed by atoms with Crippen LogP contribution >= 0.6 is 0 Å². The van der Waals surface area contributed by atoms with E-state index in [9.17, 15) is 4.79 Å². The Morgan fingerprint density at radius 2 is 1.78 bits per heavy atom. The fourth-order valence-corrected chi connectivity index (χ4v) is 5.21. The third-order valence-electron chi connectivity index (χ3n) is 7.55. The molecule has 0 radical (unpaired) electrons. The maximum Gasteiger partial charge on any atom is 0.183 e. The van der Waals surface area contributed by atoms with E-state index in [-0.39, 0.29) is 5.78 Å². The van der Waals surface area contributed by atoms with Crippen molar-refractivity contribution in [2.75, 3.05) is 43.4 Å². The van der Waals surface area contributed by atoms with Crippen LogP contribution in [-0.4, -0.2) is 74.0 Å². The van der Waals surface area contributed by atoms with Gasteiger partial charge < -0.3 is 20.1 Å². The molecule has 6 aromatic rings. The zero-order chi connectivity index (χ0) is 27.8. The number of piperazine rings is 1. The molecule has 0 unspecified atom stereocenters. The molecular weight excluding hydrogens is 514 g/mol. The molecule has 10 heteroatoms.